The Morgan fingerprint density at radius 2 is 1.82 bits per heavy atom. The second kappa shape index (κ2) is 9.71. The van der Waals surface area contributed by atoms with Crippen LogP contribution in [0.1, 0.15) is 47.8 Å². The van der Waals surface area contributed by atoms with Crippen molar-refractivity contribution >= 4 is 33.0 Å². The first-order chi connectivity index (χ1) is 17.9. The lowest BCUT2D eigenvalue weighted by Crippen LogP contribution is -2.52. The van der Waals surface area contributed by atoms with Crippen molar-refractivity contribution < 1.29 is 32.2 Å². The molecule has 8 nitrogen and oxygen atoms in total. The molecular weight excluding hydrogens is 540 g/mol. The van der Waals surface area contributed by atoms with Crippen LogP contribution in [0.15, 0.2) is 53.6 Å². The fourth-order valence-corrected chi connectivity index (χ4v) is 8.35. The highest BCUT2D eigenvalue weighted by Gasteiger charge is 2.59. The molecule has 202 valence electrons. The van der Waals surface area contributed by atoms with Crippen LogP contribution >= 0.6 is 11.6 Å². The summed E-state index contributed by atoms with van der Waals surface area (Å²) in [5, 5.41) is 28.3. The highest BCUT2D eigenvalue weighted by Crippen LogP contribution is 2.56. The van der Waals surface area contributed by atoms with Gasteiger partial charge in [0.2, 0.25) is 0 Å². The predicted octanol–water partition coefficient (Wildman–Crippen LogP) is 4.03. The maximum atomic E-state index is 13.7. The summed E-state index contributed by atoms with van der Waals surface area (Å²) in [4.78, 5) is 12.5. The molecule has 5 rings (SSSR count). The summed E-state index contributed by atoms with van der Waals surface area (Å²) in [5.41, 5.74) is -1.06. The highest BCUT2D eigenvalue weighted by molar-refractivity contribution is 7.92. The summed E-state index contributed by atoms with van der Waals surface area (Å²) in [6.07, 6.45) is 1.66. The van der Waals surface area contributed by atoms with Crippen molar-refractivity contribution in [2.75, 3.05) is 5.32 Å². The summed E-state index contributed by atoms with van der Waals surface area (Å²) < 4.78 is 55.7. The number of halogens is 3. The molecule has 3 N–H and O–H groups in total. The maximum absolute atomic E-state index is 13.7. The molecular formula is C26H26ClF2N3O5S. The van der Waals surface area contributed by atoms with Crippen molar-refractivity contribution in [2.45, 2.75) is 47.5 Å². The molecule has 3 unspecified atom stereocenters. The number of hydrogen-bond donors (Lipinski definition) is 3. The SMILES string of the molecule is Cn1nccc1C(O)C1(O)[C@@H]2CC[C@H]1CC(S(=O)(=O)c1cc(C(=O)Nc3ccc(F)c(F)c3)ccc1Cl)C2. The summed E-state index contributed by atoms with van der Waals surface area (Å²) in [6.45, 7) is 0. The van der Waals surface area contributed by atoms with Crippen molar-refractivity contribution in [2.24, 2.45) is 18.9 Å². The third-order valence-corrected chi connectivity index (χ3v) is 10.6. The molecule has 1 aromatic heterocycles. The number of aliphatic hydroxyl groups excluding tert-OH is 1. The Labute approximate surface area is 223 Å². The zero-order valence-corrected chi connectivity index (χ0v) is 21.9. The van der Waals surface area contributed by atoms with Crippen LogP contribution < -0.4 is 5.32 Å². The highest BCUT2D eigenvalue weighted by atomic mass is 35.5. The van der Waals surface area contributed by atoms with Crippen LogP contribution in [0, 0.1) is 23.5 Å². The van der Waals surface area contributed by atoms with Crippen LogP contribution in [0.2, 0.25) is 5.02 Å². The second-order valence-electron chi connectivity index (χ2n) is 10.0. The largest absolute Gasteiger partial charge is 0.386 e. The minimum Gasteiger partial charge on any atom is -0.386 e. The Kier molecular flexibility index (Phi) is 6.83. The maximum Gasteiger partial charge on any atom is 0.255 e. The molecule has 0 spiro atoms. The molecule has 2 saturated carbocycles. The first kappa shape index (κ1) is 26.7. The zero-order chi connectivity index (χ0) is 27.4. The number of nitrogens with one attached hydrogen (secondary N) is 1. The first-order valence-corrected chi connectivity index (χ1v) is 14.0. The van der Waals surface area contributed by atoms with Gasteiger partial charge in [-0.1, -0.05) is 11.6 Å². The molecule has 2 bridgehead atoms. The van der Waals surface area contributed by atoms with E-state index in [1.54, 1.807) is 13.1 Å². The van der Waals surface area contributed by atoms with Gasteiger partial charge in [-0.15, -0.1) is 0 Å². The van der Waals surface area contributed by atoms with Crippen molar-refractivity contribution in [3.05, 3.63) is 76.6 Å². The van der Waals surface area contributed by atoms with E-state index >= 15 is 0 Å². The lowest BCUT2D eigenvalue weighted by atomic mass is 9.70. The number of rotatable bonds is 6. The summed E-state index contributed by atoms with van der Waals surface area (Å²) >= 11 is 6.28. The molecule has 5 atom stereocenters. The van der Waals surface area contributed by atoms with E-state index in [-0.39, 0.29) is 34.0 Å². The molecule has 2 fully saturated rings. The number of benzene rings is 2. The minimum atomic E-state index is -4.03. The second-order valence-corrected chi connectivity index (χ2v) is 12.6. The van der Waals surface area contributed by atoms with Crippen molar-refractivity contribution in [1.29, 1.82) is 0 Å². The van der Waals surface area contributed by atoms with Gasteiger partial charge in [-0.2, -0.15) is 5.10 Å². The van der Waals surface area contributed by atoms with Gasteiger partial charge in [0.25, 0.3) is 5.91 Å². The number of aliphatic hydroxyl groups is 2. The number of aryl methyl sites for hydroxylation is 1. The number of amides is 1. The van der Waals surface area contributed by atoms with E-state index in [1.165, 1.54) is 35.1 Å². The van der Waals surface area contributed by atoms with Gasteiger partial charge < -0.3 is 15.5 Å². The quantitative estimate of drug-likeness (QED) is 0.415. The topological polar surface area (TPSA) is 122 Å². The standard InChI is InChI=1S/C26H26ClF2N3O5S/c1-32-22(8-9-30-32)24(33)26(35)15-3-4-16(26)12-18(11-15)38(36,37)23-10-14(2-6-19(23)27)25(34)31-17-5-7-20(28)21(29)13-17/h2,5-10,13,15-16,18,24,33,35H,3-4,11-12H2,1H3,(H,31,34)/t15-,16+,18?,24?,26?. The Balaban J connectivity index is 1.39. The van der Waals surface area contributed by atoms with Crippen molar-refractivity contribution in [3.63, 3.8) is 0 Å². The van der Waals surface area contributed by atoms with E-state index in [9.17, 15) is 32.2 Å². The van der Waals surface area contributed by atoms with Crippen LogP contribution in [0.5, 0.6) is 0 Å². The van der Waals surface area contributed by atoms with Gasteiger partial charge in [0.1, 0.15) is 11.7 Å². The Morgan fingerprint density at radius 1 is 1.13 bits per heavy atom. The van der Waals surface area contributed by atoms with Gasteiger partial charge in [0.05, 0.1) is 20.9 Å². The average molecular weight is 566 g/mol. The predicted molar refractivity (Wildman–Crippen MR) is 135 cm³/mol. The normalized spacial score (nSPS) is 25.8. The monoisotopic (exact) mass is 565 g/mol. The van der Waals surface area contributed by atoms with E-state index in [4.69, 9.17) is 11.6 Å². The van der Waals surface area contributed by atoms with Gasteiger partial charge in [0, 0.05) is 30.6 Å². The van der Waals surface area contributed by atoms with Gasteiger partial charge in [-0.3, -0.25) is 9.48 Å². The molecule has 2 aliphatic carbocycles. The fraction of sp³-hybridized carbons (Fsp3) is 0.385. The first-order valence-electron chi connectivity index (χ1n) is 12.1. The van der Waals surface area contributed by atoms with Crippen LogP contribution in [-0.2, 0) is 16.9 Å². The number of carbonyl (C=O) groups is 1. The number of aromatic nitrogens is 2. The molecule has 0 saturated heterocycles. The van der Waals surface area contributed by atoms with Gasteiger partial charge in [-0.25, -0.2) is 17.2 Å². The smallest absolute Gasteiger partial charge is 0.255 e. The molecule has 1 heterocycles. The number of sulfone groups is 1. The van der Waals surface area contributed by atoms with Crippen molar-refractivity contribution in [1.82, 2.24) is 9.78 Å². The molecule has 0 radical (unpaired) electrons. The summed E-state index contributed by atoms with van der Waals surface area (Å²) in [6, 6.07) is 8.30. The van der Waals surface area contributed by atoms with E-state index < -0.39 is 56.2 Å². The van der Waals surface area contributed by atoms with Gasteiger partial charge >= 0.3 is 0 Å². The van der Waals surface area contributed by atoms with Gasteiger partial charge in [0.15, 0.2) is 21.5 Å². The van der Waals surface area contributed by atoms with Crippen LogP contribution in [0.25, 0.3) is 0 Å². The molecule has 38 heavy (non-hydrogen) atoms. The molecule has 0 aliphatic heterocycles. The Bertz CT molecular complexity index is 1500. The van der Waals surface area contributed by atoms with E-state index in [0.29, 0.717) is 18.5 Å². The number of anilines is 1. The molecule has 3 aromatic rings. The third kappa shape index (κ3) is 4.41. The number of hydrogen-bond acceptors (Lipinski definition) is 6. The van der Waals surface area contributed by atoms with E-state index in [0.717, 1.165) is 12.1 Å². The fourth-order valence-electron chi connectivity index (χ4n) is 5.95. The lowest BCUT2D eigenvalue weighted by Gasteiger charge is -2.45. The molecule has 1 amide bonds. The van der Waals surface area contributed by atoms with Crippen LogP contribution in [-0.4, -0.2) is 45.2 Å². The minimum absolute atomic E-state index is 0.00313. The lowest BCUT2D eigenvalue weighted by molar-refractivity contribution is -0.146. The van der Waals surface area contributed by atoms with E-state index in [2.05, 4.69) is 10.4 Å². The number of nitrogens with zero attached hydrogens (tertiary/aromatic N) is 2. The third-order valence-electron chi connectivity index (χ3n) is 7.96. The Morgan fingerprint density at radius 3 is 2.42 bits per heavy atom. The molecule has 2 aromatic carbocycles. The molecule has 2 aliphatic rings. The zero-order valence-electron chi connectivity index (χ0n) is 20.3. The summed E-state index contributed by atoms with van der Waals surface area (Å²) in [7, 11) is -2.37. The average Bonchev–Trinajstić information content (AvgIpc) is 3.34. The van der Waals surface area contributed by atoms with Crippen LogP contribution in [0.4, 0.5) is 14.5 Å². The number of carbonyl (C=O) groups excluding carboxylic acids is 1. The number of fused-ring (bicyclic) bond motifs is 2. The van der Waals surface area contributed by atoms with Gasteiger partial charge in [-0.05, 0) is 73.9 Å². The van der Waals surface area contributed by atoms with Crippen molar-refractivity contribution in [3.8, 4) is 0 Å². The Hall–Kier alpha value is -2.86. The van der Waals surface area contributed by atoms with Crippen LogP contribution in [0.3, 0.4) is 0 Å². The molecule has 12 heteroatoms. The summed E-state index contributed by atoms with van der Waals surface area (Å²) in [5.74, 6) is -3.86. The van der Waals surface area contributed by atoms with E-state index in [1.807, 2.05) is 0 Å².